The van der Waals surface area contributed by atoms with E-state index < -0.39 is 0 Å². The molecule has 0 aliphatic heterocycles. The van der Waals surface area contributed by atoms with Gasteiger partial charge in [-0.1, -0.05) is 12.1 Å². The summed E-state index contributed by atoms with van der Waals surface area (Å²) in [5.74, 6) is 0.963. The van der Waals surface area contributed by atoms with Gasteiger partial charge in [0.1, 0.15) is 11.8 Å². The molecule has 0 spiro atoms. The zero-order chi connectivity index (χ0) is 18.3. The van der Waals surface area contributed by atoms with Gasteiger partial charge in [-0.2, -0.15) is 0 Å². The van der Waals surface area contributed by atoms with Gasteiger partial charge in [0.15, 0.2) is 22.7 Å². The van der Waals surface area contributed by atoms with Gasteiger partial charge in [-0.3, -0.25) is 9.59 Å². The second-order valence-electron chi connectivity index (χ2n) is 6.06. The van der Waals surface area contributed by atoms with Crippen LogP contribution in [0.2, 0.25) is 0 Å². The molecule has 1 aliphatic carbocycles. The Kier molecular flexibility index (Phi) is 3.84. The number of benzene rings is 2. The van der Waals surface area contributed by atoms with E-state index in [0.717, 1.165) is 5.56 Å². The van der Waals surface area contributed by atoms with Gasteiger partial charge in [0.2, 0.25) is 0 Å². The van der Waals surface area contributed by atoms with Crippen molar-refractivity contribution in [1.82, 2.24) is 0 Å². The first-order valence-electron chi connectivity index (χ1n) is 8.13. The summed E-state index contributed by atoms with van der Waals surface area (Å²) in [4.78, 5) is 25.4. The van der Waals surface area contributed by atoms with E-state index in [9.17, 15) is 9.59 Å². The topological polar surface area (TPSA) is 65.7 Å². The Morgan fingerprint density at radius 3 is 2.54 bits per heavy atom. The van der Waals surface area contributed by atoms with Crippen LogP contribution in [0.4, 0.5) is 0 Å². The average molecular weight is 348 g/mol. The lowest BCUT2D eigenvalue weighted by atomic mass is 10.1. The van der Waals surface area contributed by atoms with Crippen LogP contribution < -0.4 is 14.9 Å². The van der Waals surface area contributed by atoms with E-state index in [2.05, 4.69) is 0 Å². The van der Waals surface area contributed by atoms with Crippen molar-refractivity contribution in [2.45, 2.75) is 6.42 Å². The van der Waals surface area contributed by atoms with Gasteiger partial charge < -0.3 is 13.9 Å². The van der Waals surface area contributed by atoms with Gasteiger partial charge in [0, 0.05) is 17.6 Å². The Morgan fingerprint density at radius 1 is 1.04 bits per heavy atom. The van der Waals surface area contributed by atoms with Crippen LogP contribution in [0.3, 0.4) is 0 Å². The average Bonchev–Trinajstić information content (AvgIpc) is 2.98. The quantitative estimate of drug-likeness (QED) is 0.676. The lowest BCUT2D eigenvalue weighted by molar-refractivity contribution is 0.104. The lowest BCUT2D eigenvalue weighted by Gasteiger charge is -2.08. The summed E-state index contributed by atoms with van der Waals surface area (Å²) in [6, 6.07) is 10.5. The minimum Gasteiger partial charge on any atom is -0.493 e. The largest absolute Gasteiger partial charge is 0.493 e. The SMILES string of the molecule is COc1cc2c(cc1OC)C(=O)C(=Cc1coc3ccccc3c1=O)C2. The second-order valence-corrected chi connectivity index (χ2v) is 6.06. The smallest absolute Gasteiger partial charge is 0.199 e. The summed E-state index contributed by atoms with van der Waals surface area (Å²) >= 11 is 0. The molecule has 0 amide bonds. The summed E-state index contributed by atoms with van der Waals surface area (Å²) in [6.45, 7) is 0. The third kappa shape index (κ3) is 2.49. The molecular weight excluding hydrogens is 332 g/mol. The van der Waals surface area contributed by atoms with Crippen molar-refractivity contribution in [2.24, 2.45) is 0 Å². The summed E-state index contributed by atoms with van der Waals surface area (Å²) in [5, 5.41) is 0.494. The Bertz CT molecular complexity index is 1120. The first-order valence-corrected chi connectivity index (χ1v) is 8.13. The van der Waals surface area contributed by atoms with Crippen LogP contribution in [0.25, 0.3) is 17.0 Å². The summed E-state index contributed by atoms with van der Waals surface area (Å²) in [7, 11) is 3.08. The van der Waals surface area contributed by atoms with Crippen LogP contribution in [-0.2, 0) is 6.42 Å². The molecule has 0 atom stereocenters. The molecule has 0 N–H and O–H groups in total. The molecule has 0 saturated carbocycles. The Hall–Kier alpha value is -3.34. The molecule has 5 heteroatoms. The highest BCUT2D eigenvalue weighted by Crippen LogP contribution is 2.36. The van der Waals surface area contributed by atoms with Crippen molar-refractivity contribution < 1.29 is 18.7 Å². The maximum absolute atomic E-state index is 12.7. The fourth-order valence-corrected chi connectivity index (χ4v) is 3.23. The van der Waals surface area contributed by atoms with Crippen molar-refractivity contribution in [1.29, 1.82) is 0 Å². The first kappa shape index (κ1) is 16.1. The molecule has 1 aromatic heterocycles. The Morgan fingerprint density at radius 2 is 1.77 bits per heavy atom. The maximum Gasteiger partial charge on any atom is 0.199 e. The summed E-state index contributed by atoms with van der Waals surface area (Å²) in [6.07, 6.45) is 3.44. The number of allylic oxidation sites excluding steroid dienone is 1. The lowest BCUT2D eigenvalue weighted by Crippen LogP contribution is -2.06. The maximum atomic E-state index is 12.7. The summed E-state index contributed by atoms with van der Waals surface area (Å²) < 4.78 is 16.1. The number of carbonyl (C=O) groups excluding carboxylic acids is 1. The third-order valence-corrected chi connectivity index (χ3v) is 4.56. The predicted molar refractivity (Wildman–Crippen MR) is 98.0 cm³/mol. The summed E-state index contributed by atoms with van der Waals surface area (Å²) in [5.41, 5.74) is 2.69. The van der Waals surface area contributed by atoms with E-state index in [0.29, 0.717) is 45.6 Å². The number of methoxy groups -OCH3 is 2. The number of rotatable bonds is 3. The monoisotopic (exact) mass is 348 g/mol. The van der Waals surface area contributed by atoms with Crippen molar-refractivity contribution in [3.8, 4) is 11.5 Å². The molecule has 3 aromatic rings. The number of para-hydroxylation sites is 1. The van der Waals surface area contributed by atoms with Crippen molar-refractivity contribution in [3.05, 3.63) is 75.1 Å². The molecule has 0 radical (unpaired) electrons. The van der Waals surface area contributed by atoms with Crippen LogP contribution in [0, 0.1) is 0 Å². The molecule has 26 heavy (non-hydrogen) atoms. The van der Waals surface area contributed by atoms with Crippen molar-refractivity contribution in [3.63, 3.8) is 0 Å². The van der Waals surface area contributed by atoms with E-state index in [4.69, 9.17) is 13.9 Å². The van der Waals surface area contributed by atoms with Crippen LogP contribution in [0.15, 0.2) is 57.4 Å². The zero-order valence-corrected chi connectivity index (χ0v) is 14.4. The molecule has 0 fully saturated rings. The molecule has 0 saturated heterocycles. The molecular formula is C21H16O5. The van der Waals surface area contributed by atoms with E-state index in [1.165, 1.54) is 13.4 Å². The molecule has 4 rings (SSSR count). The number of hydrogen-bond donors (Lipinski definition) is 0. The van der Waals surface area contributed by atoms with Crippen LogP contribution in [0.1, 0.15) is 21.5 Å². The van der Waals surface area contributed by atoms with Gasteiger partial charge in [0.05, 0.1) is 25.2 Å². The number of ether oxygens (including phenoxy) is 2. The fourth-order valence-electron chi connectivity index (χ4n) is 3.23. The number of Topliss-reactive ketones (excluding diaryl/α,β-unsaturated/α-hetero) is 1. The normalized spacial score (nSPS) is 14.7. The van der Waals surface area contributed by atoms with Crippen molar-refractivity contribution >= 4 is 22.8 Å². The third-order valence-electron chi connectivity index (χ3n) is 4.56. The first-order chi connectivity index (χ1) is 12.6. The van der Waals surface area contributed by atoms with Gasteiger partial charge in [-0.25, -0.2) is 0 Å². The molecule has 0 unspecified atom stereocenters. The van der Waals surface area contributed by atoms with E-state index >= 15 is 0 Å². The van der Waals surface area contributed by atoms with E-state index in [1.54, 1.807) is 49.6 Å². The second kappa shape index (κ2) is 6.19. The Balaban J connectivity index is 1.79. The minimum atomic E-state index is -0.154. The molecule has 0 bridgehead atoms. The van der Waals surface area contributed by atoms with Gasteiger partial charge in [-0.05, 0) is 35.9 Å². The van der Waals surface area contributed by atoms with Crippen LogP contribution in [-0.4, -0.2) is 20.0 Å². The van der Waals surface area contributed by atoms with E-state index in [1.807, 2.05) is 0 Å². The van der Waals surface area contributed by atoms with Gasteiger partial charge >= 0.3 is 0 Å². The zero-order valence-electron chi connectivity index (χ0n) is 14.4. The number of ketones is 1. The molecule has 5 nitrogen and oxygen atoms in total. The van der Waals surface area contributed by atoms with Crippen LogP contribution in [0.5, 0.6) is 11.5 Å². The molecule has 1 aliphatic rings. The minimum absolute atomic E-state index is 0.117. The highest BCUT2D eigenvalue weighted by atomic mass is 16.5. The van der Waals surface area contributed by atoms with Gasteiger partial charge in [-0.15, -0.1) is 0 Å². The standard InChI is InChI=1S/C21H16O5/c1-24-18-9-12-7-13(20(22)16(12)10-19(18)25-2)8-14-11-26-17-6-4-3-5-15(17)21(14)23/h3-6,8-11H,7H2,1-2H3. The molecule has 130 valence electrons. The van der Waals surface area contributed by atoms with Crippen LogP contribution >= 0.6 is 0 Å². The number of hydrogen-bond acceptors (Lipinski definition) is 5. The molecule has 2 aromatic carbocycles. The van der Waals surface area contributed by atoms with Crippen molar-refractivity contribution in [2.75, 3.05) is 14.2 Å². The number of carbonyl (C=O) groups is 1. The number of fused-ring (bicyclic) bond motifs is 2. The highest BCUT2D eigenvalue weighted by Gasteiger charge is 2.27. The molecule has 1 heterocycles. The predicted octanol–water partition coefficient (Wildman–Crippen LogP) is 3.63. The van der Waals surface area contributed by atoms with E-state index in [-0.39, 0.29) is 11.2 Å². The van der Waals surface area contributed by atoms with Gasteiger partial charge in [0.25, 0.3) is 0 Å². The fraction of sp³-hybridized carbons (Fsp3) is 0.143. The Labute approximate surface area is 149 Å². The highest BCUT2D eigenvalue weighted by molar-refractivity contribution is 6.16.